The van der Waals surface area contributed by atoms with Gasteiger partial charge >= 0.3 is 0 Å². The van der Waals surface area contributed by atoms with Gasteiger partial charge in [-0.15, -0.1) is 0 Å². The lowest BCUT2D eigenvalue weighted by Gasteiger charge is -2.18. The second-order valence-electron chi connectivity index (χ2n) is 3.03. The highest BCUT2D eigenvalue weighted by atomic mass is 35.5. The second-order valence-corrected chi connectivity index (χ2v) is 3.44. The summed E-state index contributed by atoms with van der Waals surface area (Å²) in [4.78, 5) is 10.7. The molecule has 2 unspecified atom stereocenters. The molecule has 0 heterocycles. The van der Waals surface area contributed by atoms with Crippen molar-refractivity contribution in [3.05, 3.63) is 28.8 Å². The van der Waals surface area contributed by atoms with Gasteiger partial charge in [0.1, 0.15) is 6.10 Å². The third-order valence-corrected chi connectivity index (χ3v) is 2.30. The first-order valence-corrected chi connectivity index (χ1v) is 4.52. The van der Waals surface area contributed by atoms with E-state index in [9.17, 15) is 15.0 Å². The van der Waals surface area contributed by atoms with Crippen molar-refractivity contribution in [1.29, 1.82) is 0 Å². The predicted octanol–water partition coefficient (Wildman–Crippen LogP) is -0.198. The number of hydrogen-bond donors (Lipinski definition) is 4. The molecule has 0 saturated carbocycles. The second kappa shape index (κ2) is 4.48. The van der Waals surface area contributed by atoms with Gasteiger partial charge in [0.2, 0.25) is 5.91 Å². The molecule has 2 atom stereocenters. The number of aliphatic hydroxyl groups excluding tert-OH is 2. The Hall–Kier alpha value is -1.30. The van der Waals surface area contributed by atoms with Crippen LogP contribution in [0.15, 0.2) is 18.2 Å². The third-order valence-electron chi connectivity index (χ3n) is 1.97. The fourth-order valence-electron chi connectivity index (χ4n) is 1.18. The van der Waals surface area contributed by atoms with Gasteiger partial charge in [-0.2, -0.15) is 0 Å². The molecule has 82 valence electrons. The van der Waals surface area contributed by atoms with Gasteiger partial charge in [-0.25, -0.2) is 0 Å². The molecule has 1 rings (SSSR count). The van der Waals surface area contributed by atoms with Crippen molar-refractivity contribution in [2.24, 2.45) is 5.73 Å². The highest BCUT2D eigenvalue weighted by Gasteiger charge is 2.26. The summed E-state index contributed by atoms with van der Waals surface area (Å²) in [6.07, 6.45) is -3.25. The highest BCUT2D eigenvalue weighted by molar-refractivity contribution is 6.31. The van der Waals surface area contributed by atoms with Crippen molar-refractivity contribution >= 4 is 23.2 Å². The van der Waals surface area contributed by atoms with Crippen molar-refractivity contribution in [3.8, 4) is 0 Å². The third kappa shape index (κ3) is 2.38. The zero-order valence-electron chi connectivity index (χ0n) is 7.72. The summed E-state index contributed by atoms with van der Waals surface area (Å²) < 4.78 is 0. The number of anilines is 1. The van der Waals surface area contributed by atoms with Gasteiger partial charge in [-0.1, -0.05) is 17.7 Å². The first-order chi connectivity index (χ1) is 6.95. The summed E-state index contributed by atoms with van der Waals surface area (Å²) in [5, 5.41) is 19.0. The van der Waals surface area contributed by atoms with E-state index in [0.717, 1.165) is 0 Å². The summed E-state index contributed by atoms with van der Waals surface area (Å²) >= 11 is 5.77. The van der Waals surface area contributed by atoms with Gasteiger partial charge in [-0.3, -0.25) is 4.79 Å². The Balaban J connectivity index is 3.10. The minimum absolute atomic E-state index is 0.102. The molecule has 0 bridgehead atoms. The number of rotatable bonds is 3. The molecule has 5 nitrogen and oxygen atoms in total. The number of hydrogen-bond acceptors (Lipinski definition) is 4. The van der Waals surface area contributed by atoms with E-state index in [1.807, 2.05) is 0 Å². The summed E-state index contributed by atoms with van der Waals surface area (Å²) in [5.74, 6) is -1.04. The minimum Gasteiger partial charge on any atom is -0.398 e. The van der Waals surface area contributed by atoms with Gasteiger partial charge < -0.3 is 21.7 Å². The van der Waals surface area contributed by atoms with Gasteiger partial charge in [-0.05, 0) is 12.1 Å². The molecule has 0 fully saturated rings. The number of aliphatic hydroxyl groups is 2. The Morgan fingerprint density at radius 2 is 2.00 bits per heavy atom. The number of carbonyl (C=O) groups is 1. The van der Waals surface area contributed by atoms with Gasteiger partial charge in [0.25, 0.3) is 0 Å². The Bertz CT molecular complexity index is 363. The van der Waals surface area contributed by atoms with Crippen molar-refractivity contribution in [2.45, 2.75) is 12.2 Å². The lowest BCUT2D eigenvalue weighted by atomic mass is 10.0. The van der Waals surface area contributed by atoms with Gasteiger partial charge in [0.05, 0.1) is 0 Å². The molecule has 0 spiro atoms. The molecule has 15 heavy (non-hydrogen) atoms. The number of halogens is 1. The molecule has 0 aliphatic heterocycles. The van der Waals surface area contributed by atoms with Crippen LogP contribution in [-0.4, -0.2) is 22.2 Å². The van der Waals surface area contributed by atoms with Crippen LogP contribution in [0.4, 0.5) is 5.69 Å². The van der Waals surface area contributed by atoms with Crippen LogP contribution in [0.5, 0.6) is 0 Å². The van der Waals surface area contributed by atoms with Crippen LogP contribution in [-0.2, 0) is 4.79 Å². The summed E-state index contributed by atoms with van der Waals surface area (Å²) in [6.45, 7) is 0. The first kappa shape index (κ1) is 11.8. The molecule has 6 heteroatoms. The van der Waals surface area contributed by atoms with Crippen LogP contribution < -0.4 is 11.5 Å². The fourth-order valence-corrected chi connectivity index (χ4v) is 1.47. The highest BCUT2D eigenvalue weighted by Crippen LogP contribution is 2.30. The van der Waals surface area contributed by atoms with E-state index < -0.39 is 18.1 Å². The zero-order valence-corrected chi connectivity index (χ0v) is 8.48. The number of nitrogens with two attached hydrogens (primary N) is 2. The van der Waals surface area contributed by atoms with Crippen molar-refractivity contribution < 1.29 is 15.0 Å². The molecular formula is C9H11ClN2O3. The summed E-state index contributed by atoms with van der Waals surface area (Å²) in [5.41, 5.74) is 10.7. The molecule has 0 radical (unpaired) electrons. The molecule has 0 aliphatic rings. The van der Waals surface area contributed by atoms with E-state index in [0.29, 0.717) is 0 Å². The largest absolute Gasteiger partial charge is 0.398 e. The van der Waals surface area contributed by atoms with Gasteiger partial charge in [0, 0.05) is 16.3 Å². The molecule has 1 amide bonds. The summed E-state index contributed by atoms with van der Waals surface area (Å²) in [7, 11) is 0. The number of benzene rings is 1. The average Bonchev–Trinajstić information content (AvgIpc) is 2.15. The monoisotopic (exact) mass is 230 g/mol. The minimum atomic E-state index is -1.73. The maximum absolute atomic E-state index is 10.7. The molecule has 1 aromatic rings. The molecule has 0 aliphatic carbocycles. The van der Waals surface area contributed by atoms with Gasteiger partial charge in [0.15, 0.2) is 6.10 Å². The lowest BCUT2D eigenvalue weighted by molar-refractivity contribution is -0.131. The zero-order chi connectivity index (χ0) is 11.6. The van der Waals surface area contributed by atoms with Crippen LogP contribution in [0.25, 0.3) is 0 Å². The molecule has 6 N–H and O–H groups in total. The maximum Gasteiger partial charge on any atom is 0.249 e. The fraction of sp³-hybridized carbons (Fsp3) is 0.222. The SMILES string of the molecule is NC(=O)C(O)C(O)c1c(N)cccc1Cl. The molecule has 0 aromatic heterocycles. The standard InChI is InChI=1S/C9H11ClN2O3/c10-4-2-1-3-5(11)6(4)7(13)8(14)9(12)15/h1-3,7-8,13-14H,11H2,(H2,12,15). The van der Waals surface area contributed by atoms with E-state index in [4.69, 9.17) is 23.1 Å². The van der Waals surface area contributed by atoms with E-state index in [2.05, 4.69) is 0 Å². The normalized spacial score (nSPS) is 14.6. The summed E-state index contributed by atoms with van der Waals surface area (Å²) in [6, 6.07) is 4.58. The van der Waals surface area contributed by atoms with Crippen molar-refractivity contribution in [3.63, 3.8) is 0 Å². The van der Waals surface area contributed by atoms with Crippen LogP contribution >= 0.6 is 11.6 Å². The lowest BCUT2D eigenvalue weighted by Crippen LogP contribution is -2.34. The number of nitrogen functional groups attached to an aromatic ring is 1. The van der Waals surface area contributed by atoms with E-state index in [1.54, 1.807) is 6.07 Å². The first-order valence-electron chi connectivity index (χ1n) is 4.14. The van der Waals surface area contributed by atoms with E-state index in [1.165, 1.54) is 12.1 Å². The Morgan fingerprint density at radius 1 is 1.40 bits per heavy atom. The molecular weight excluding hydrogens is 220 g/mol. The smallest absolute Gasteiger partial charge is 0.249 e. The van der Waals surface area contributed by atoms with Crippen LogP contribution in [0.1, 0.15) is 11.7 Å². The van der Waals surface area contributed by atoms with Crippen LogP contribution in [0.3, 0.4) is 0 Å². The molecule has 1 aromatic carbocycles. The number of primary amides is 1. The van der Waals surface area contributed by atoms with E-state index in [-0.39, 0.29) is 16.3 Å². The molecule has 0 saturated heterocycles. The van der Waals surface area contributed by atoms with Crippen molar-refractivity contribution in [1.82, 2.24) is 0 Å². The van der Waals surface area contributed by atoms with Crippen LogP contribution in [0.2, 0.25) is 5.02 Å². The van der Waals surface area contributed by atoms with Crippen LogP contribution in [0, 0.1) is 0 Å². The topological polar surface area (TPSA) is 110 Å². The number of carbonyl (C=O) groups excluding carboxylic acids is 1. The Labute approximate surface area is 91.3 Å². The Morgan fingerprint density at radius 3 is 2.47 bits per heavy atom. The van der Waals surface area contributed by atoms with Crippen molar-refractivity contribution in [2.75, 3.05) is 5.73 Å². The average molecular weight is 231 g/mol. The number of amides is 1. The van der Waals surface area contributed by atoms with E-state index >= 15 is 0 Å². The predicted molar refractivity (Wildman–Crippen MR) is 56.0 cm³/mol. The quantitative estimate of drug-likeness (QED) is 0.539. The Kier molecular flexibility index (Phi) is 3.52. The maximum atomic E-state index is 10.7.